The zero-order valence-electron chi connectivity index (χ0n) is 8.18. The second-order valence-corrected chi connectivity index (χ2v) is 3.46. The molecule has 4 nitrogen and oxygen atoms in total. The largest absolute Gasteiger partial charge is 0.495 e. The maximum absolute atomic E-state index is 9.89. The monoisotopic (exact) mass is 194 g/mol. The van der Waals surface area contributed by atoms with Crippen molar-refractivity contribution in [2.45, 2.75) is 18.9 Å². The zero-order valence-corrected chi connectivity index (χ0v) is 8.18. The number of nitrogens with zero attached hydrogens (tertiary/aromatic N) is 2. The lowest BCUT2D eigenvalue weighted by molar-refractivity contribution is 0.0896. The van der Waals surface area contributed by atoms with E-state index in [2.05, 4.69) is 4.98 Å². The number of ether oxygens (including phenoxy) is 1. The Bertz CT molecular complexity index is 344. The summed E-state index contributed by atoms with van der Waals surface area (Å²) in [5.74, 6) is 0.634. The molecule has 0 bridgehead atoms. The van der Waals surface area contributed by atoms with E-state index >= 15 is 0 Å². The molecule has 2 heterocycles. The van der Waals surface area contributed by atoms with Gasteiger partial charge in [0.25, 0.3) is 0 Å². The molecule has 4 heteroatoms. The molecule has 1 aliphatic heterocycles. The standard InChI is InChI=1S/C10H14N2O2/c1-12-6-8(11-7-12)10(13)9-4-2-3-5-14-9/h4,6-7,10,13H,2-3,5H2,1H3. The fourth-order valence-corrected chi connectivity index (χ4v) is 1.49. The number of imidazole rings is 1. The van der Waals surface area contributed by atoms with Crippen molar-refractivity contribution < 1.29 is 9.84 Å². The van der Waals surface area contributed by atoms with Gasteiger partial charge in [0.2, 0.25) is 0 Å². The summed E-state index contributed by atoms with van der Waals surface area (Å²) in [5.41, 5.74) is 0.639. The van der Waals surface area contributed by atoms with Crippen LogP contribution in [-0.4, -0.2) is 21.3 Å². The van der Waals surface area contributed by atoms with Crippen LogP contribution < -0.4 is 0 Å². The second kappa shape index (κ2) is 3.84. The van der Waals surface area contributed by atoms with Crippen LogP contribution in [0.25, 0.3) is 0 Å². The lowest BCUT2D eigenvalue weighted by atomic mass is 10.1. The number of aliphatic hydroxyl groups is 1. The van der Waals surface area contributed by atoms with Gasteiger partial charge in [0, 0.05) is 13.2 Å². The SMILES string of the molecule is Cn1cnc(C(O)C2=CCCCO2)c1. The Morgan fingerprint density at radius 3 is 3.07 bits per heavy atom. The predicted octanol–water partition coefficient (Wildman–Crippen LogP) is 1.15. The molecule has 0 radical (unpaired) electrons. The molecule has 0 aliphatic carbocycles. The summed E-state index contributed by atoms with van der Waals surface area (Å²) in [5, 5.41) is 9.89. The Morgan fingerprint density at radius 2 is 2.50 bits per heavy atom. The first-order chi connectivity index (χ1) is 6.77. The zero-order chi connectivity index (χ0) is 9.97. The lowest BCUT2D eigenvalue weighted by Gasteiger charge is -2.18. The highest BCUT2D eigenvalue weighted by molar-refractivity contribution is 5.14. The molecule has 0 amide bonds. The Labute approximate surface area is 82.8 Å². The van der Waals surface area contributed by atoms with Crippen molar-refractivity contribution in [2.75, 3.05) is 6.61 Å². The van der Waals surface area contributed by atoms with E-state index in [-0.39, 0.29) is 0 Å². The van der Waals surface area contributed by atoms with E-state index < -0.39 is 6.10 Å². The third kappa shape index (κ3) is 1.80. The minimum absolute atomic E-state index is 0.634. The van der Waals surface area contributed by atoms with Gasteiger partial charge >= 0.3 is 0 Å². The van der Waals surface area contributed by atoms with E-state index in [4.69, 9.17) is 4.74 Å². The van der Waals surface area contributed by atoms with Gasteiger partial charge in [-0.05, 0) is 18.9 Å². The molecule has 0 saturated heterocycles. The van der Waals surface area contributed by atoms with Crippen LogP contribution in [-0.2, 0) is 11.8 Å². The Morgan fingerprint density at radius 1 is 1.64 bits per heavy atom. The molecule has 0 saturated carbocycles. The van der Waals surface area contributed by atoms with E-state index in [1.807, 2.05) is 17.7 Å². The lowest BCUT2D eigenvalue weighted by Crippen LogP contribution is -2.10. The first-order valence-electron chi connectivity index (χ1n) is 4.76. The van der Waals surface area contributed by atoms with Gasteiger partial charge in [0.05, 0.1) is 18.6 Å². The van der Waals surface area contributed by atoms with Gasteiger partial charge in [-0.2, -0.15) is 0 Å². The average Bonchev–Trinajstić information content (AvgIpc) is 2.65. The van der Waals surface area contributed by atoms with Crippen LogP contribution in [0.15, 0.2) is 24.4 Å². The third-order valence-electron chi connectivity index (χ3n) is 2.24. The molecule has 1 N–H and O–H groups in total. The summed E-state index contributed by atoms with van der Waals surface area (Å²) in [4.78, 5) is 4.08. The maximum atomic E-state index is 9.89. The van der Waals surface area contributed by atoms with Crippen molar-refractivity contribution in [3.05, 3.63) is 30.1 Å². The number of aromatic nitrogens is 2. The van der Waals surface area contributed by atoms with Crippen LogP contribution in [0.2, 0.25) is 0 Å². The van der Waals surface area contributed by atoms with E-state index in [9.17, 15) is 5.11 Å². The number of aryl methyl sites for hydroxylation is 1. The van der Waals surface area contributed by atoms with E-state index in [0.717, 1.165) is 12.8 Å². The third-order valence-corrected chi connectivity index (χ3v) is 2.24. The first-order valence-corrected chi connectivity index (χ1v) is 4.76. The Hall–Kier alpha value is -1.29. The molecule has 0 fully saturated rings. The van der Waals surface area contributed by atoms with Gasteiger partial charge in [0.1, 0.15) is 5.76 Å². The fourth-order valence-electron chi connectivity index (χ4n) is 1.49. The Balaban J connectivity index is 2.14. The number of aliphatic hydroxyl groups excluding tert-OH is 1. The van der Waals surface area contributed by atoms with Gasteiger partial charge in [-0.25, -0.2) is 4.98 Å². The molecule has 1 atom stereocenters. The number of hydrogen-bond acceptors (Lipinski definition) is 3. The molecule has 1 unspecified atom stereocenters. The number of rotatable bonds is 2. The number of hydrogen-bond donors (Lipinski definition) is 1. The number of allylic oxidation sites excluding steroid dienone is 1. The Kier molecular flexibility index (Phi) is 2.54. The smallest absolute Gasteiger partial charge is 0.154 e. The van der Waals surface area contributed by atoms with Gasteiger partial charge in [-0.15, -0.1) is 0 Å². The molecule has 76 valence electrons. The normalized spacial score (nSPS) is 18.6. The van der Waals surface area contributed by atoms with Crippen LogP contribution in [0, 0.1) is 0 Å². The van der Waals surface area contributed by atoms with Crippen molar-refractivity contribution in [1.29, 1.82) is 0 Å². The highest BCUT2D eigenvalue weighted by Crippen LogP contribution is 2.24. The van der Waals surface area contributed by atoms with Crippen molar-refractivity contribution in [1.82, 2.24) is 9.55 Å². The minimum Gasteiger partial charge on any atom is -0.495 e. The summed E-state index contributed by atoms with van der Waals surface area (Å²) in [6, 6.07) is 0. The summed E-state index contributed by atoms with van der Waals surface area (Å²) in [6.07, 6.45) is 6.68. The predicted molar refractivity (Wildman–Crippen MR) is 51.4 cm³/mol. The van der Waals surface area contributed by atoms with Crippen LogP contribution >= 0.6 is 0 Å². The van der Waals surface area contributed by atoms with E-state index in [1.165, 1.54) is 0 Å². The van der Waals surface area contributed by atoms with E-state index in [0.29, 0.717) is 18.1 Å². The molecule has 1 aromatic heterocycles. The summed E-state index contributed by atoms with van der Waals surface area (Å²) in [6.45, 7) is 0.690. The van der Waals surface area contributed by atoms with Crippen LogP contribution in [0.5, 0.6) is 0 Å². The van der Waals surface area contributed by atoms with Crippen molar-refractivity contribution in [2.24, 2.45) is 7.05 Å². The second-order valence-electron chi connectivity index (χ2n) is 3.46. The molecule has 1 aromatic rings. The van der Waals surface area contributed by atoms with Crippen LogP contribution in [0.4, 0.5) is 0 Å². The van der Waals surface area contributed by atoms with E-state index in [1.54, 1.807) is 12.5 Å². The van der Waals surface area contributed by atoms with Crippen LogP contribution in [0.3, 0.4) is 0 Å². The quantitative estimate of drug-likeness (QED) is 0.768. The molecular formula is C10H14N2O2. The minimum atomic E-state index is -0.712. The van der Waals surface area contributed by atoms with Crippen LogP contribution in [0.1, 0.15) is 24.6 Å². The topological polar surface area (TPSA) is 47.3 Å². The average molecular weight is 194 g/mol. The molecule has 2 rings (SSSR count). The van der Waals surface area contributed by atoms with Crippen molar-refractivity contribution in [3.63, 3.8) is 0 Å². The molecule has 0 spiro atoms. The molecule has 14 heavy (non-hydrogen) atoms. The van der Waals surface area contributed by atoms with Gasteiger partial charge in [-0.3, -0.25) is 0 Å². The van der Waals surface area contributed by atoms with Gasteiger partial charge in [-0.1, -0.05) is 0 Å². The summed E-state index contributed by atoms with van der Waals surface area (Å²) in [7, 11) is 1.87. The fraction of sp³-hybridized carbons (Fsp3) is 0.500. The highest BCUT2D eigenvalue weighted by atomic mass is 16.5. The van der Waals surface area contributed by atoms with Crippen molar-refractivity contribution in [3.8, 4) is 0 Å². The van der Waals surface area contributed by atoms with Gasteiger partial charge < -0.3 is 14.4 Å². The van der Waals surface area contributed by atoms with Gasteiger partial charge in [0.15, 0.2) is 6.10 Å². The maximum Gasteiger partial charge on any atom is 0.154 e. The van der Waals surface area contributed by atoms with Crippen molar-refractivity contribution >= 4 is 0 Å². The first kappa shape index (κ1) is 9.27. The summed E-state index contributed by atoms with van der Waals surface area (Å²) >= 11 is 0. The molecule has 0 aromatic carbocycles. The molecule has 1 aliphatic rings. The molecular weight excluding hydrogens is 180 g/mol. The highest BCUT2D eigenvalue weighted by Gasteiger charge is 2.18. The summed E-state index contributed by atoms with van der Waals surface area (Å²) < 4.78 is 7.17.